The zero-order valence-corrected chi connectivity index (χ0v) is 11.7. The molecule has 2 aromatic carbocycles. The Kier molecular flexibility index (Phi) is 3.58. The lowest BCUT2D eigenvalue weighted by atomic mass is 10.2. The zero-order chi connectivity index (χ0) is 14.8. The molecule has 3 aromatic rings. The number of carboxylic acids is 1. The quantitative estimate of drug-likeness (QED) is 0.756. The predicted molar refractivity (Wildman–Crippen MR) is 82.2 cm³/mol. The lowest BCUT2D eigenvalue weighted by Gasteiger charge is -2.14. The number of anilines is 1. The largest absolute Gasteiger partial charge is 0.479 e. The molecule has 2 N–H and O–H groups in total. The number of nitrogens with one attached hydrogen (secondary N) is 1. The van der Waals surface area contributed by atoms with E-state index in [-0.39, 0.29) is 5.69 Å². The summed E-state index contributed by atoms with van der Waals surface area (Å²) in [6.07, 6.45) is 0. The number of hydrogen-bond donors (Lipinski definition) is 2. The number of rotatable bonds is 4. The maximum atomic E-state index is 13.7. The third kappa shape index (κ3) is 2.73. The fraction of sp³-hybridized carbons (Fsp3) is 0.0625. The van der Waals surface area contributed by atoms with Gasteiger partial charge in [-0.3, -0.25) is 0 Å². The summed E-state index contributed by atoms with van der Waals surface area (Å²) in [5, 5.41) is 13.2. The Morgan fingerprint density at radius 2 is 1.86 bits per heavy atom. The van der Waals surface area contributed by atoms with Crippen molar-refractivity contribution in [2.45, 2.75) is 6.04 Å². The van der Waals surface area contributed by atoms with Crippen LogP contribution in [0.15, 0.2) is 54.6 Å². The second kappa shape index (κ2) is 5.54. The van der Waals surface area contributed by atoms with Crippen LogP contribution in [-0.4, -0.2) is 11.1 Å². The minimum absolute atomic E-state index is 0.183. The molecule has 0 aliphatic carbocycles. The zero-order valence-electron chi connectivity index (χ0n) is 10.9. The van der Waals surface area contributed by atoms with Gasteiger partial charge in [-0.15, -0.1) is 11.3 Å². The minimum atomic E-state index is -1.04. The summed E-state index contributed by atoms with van der Waals surface area (Å²) in [5.74, 6) is -1.50. The van der Waals surface area contributed by atoms with Gasteiger partial charge in [-0.1, -0.05) is 30.3 Å². The molecule has 21 heavy (non-hydrogen) atoms. The van der Waals surface area contributed by atoms with Crippen LogP contribution in [-0.2, 0) is 4.79 Å². The fourth-order valence-electron chi connectivity index (χ4n) is 2.13. The molecule has 0 aliphatic rings. The van der Waals surface area contributed by atoms with Crippen molar-refractivity contribution in [3.05, 3.63) is 65.3 Å². The van der Waals surface area contributed by atoms with Crippen molar-refractivity contribution in [1.82, 2.24) is 0 Å². The molecule has 1 atom stereocenters. The van der Waals surface area contributed by atoms with Crippen molar-refractivity contribution in [3.8, 4) is 0 Å². The summed E-state index contributed by atoms with van der Waals surface area (Å²) < 4.78 is 14.7. The third-order valence-corrected chi connectivity index (χ3v) is 4.33. The maximum absolute atomic E-state index is 13.7. The molecule has 0 fully saturated rings. The van der Waals surface area contributed by atoms with Gasteiger partial charge in [0.1, 0.15) is 5.82 Å². The van der Waals surface area contributed by atoms with Gasteiger partial charge < -0.3 is 10.4 Å². The van der Waals surface area contributed by atoms with Crippen LogP contribution in [0.3, 0.4) is 0 Å². The summed E-state index contributed by atoms with van der Waals surface area (Å²) in [6, 6.07) is 14.6. The van der Waals surface area contributed by atoms with E-state index in [2.05, 4.69) is 5.32 Å². The molecule has 0 saturated heterocycles. The monoisotopic (exact) mass is 301 g/mol. The van der Waals surface area contributed by atoms with Crippen LogP contribution < -0.4 is 5.32 Å². The Morgan fingerprint density at radius 1 is 1.14 bits per heavy atom. The van der Waals surface area contributed by atoms with Gasteiger partial charge in [0.25, 0.3) is 0 Å². The third-order valence-electron chi connectivity index (χ3n) is 3.15. The fourth-order valence-corrected chi connectivity index (χ4v) is 3.24. The average Bonchev–Trinajstić information content (AvgIpc) is 2.89. The topological polar surface area (TPSA) is 49.3 Å². The molecule has 0 radical (unpaired) electrons. The van der Waals surface area contributed by atoms with Crippen LogP contribution in [0.4, 0.5) is 10.1 Å². The highest BCUT2D eigenvalue weighted by molar-refractivity contribution is 7.19. The van der Waals surface area contributed by atoms with E-state index in [1.165, 1.54) is 23.5 Å². The number of benzene rings is 2. The normalized spacial score (nSPS) is 12.2. The molecule has 0 saturated carbocycles. The highest BCUT2D eigenvalue weighted by Crippen LogP contribution is 2.32. The summed E-state index contributed by atoms with van der Waals surface area (Å²) in [7, 11) is 0. The number of carbonyl (C=O) groups is 1. The van der Waals surface area contributed by atoms with E-state index in [9.17, 15) is 14.3 Å². The van der Waals surface area contributed by atoms with Gasteiger partial charge in [-0.05, 0) is 29.7 Å². The molecule has 1 unspecified atom stereocenters. The Bertz CT molecular complexity index is 767. The van der Waals surface area contributed by atoms with E-state index in [4.69, 9.17) is 0 Å². The molecular formula is C16H12FNO2S. The Balaban J connectivity index is 1.98. The van der Waals surface area contributed by atoms with Gasteiger partial charge in [-0.25, -0.2) is 9.18 Å². The first-order chi connectivity index (χ1) is 10.1. The van der Waals surface area contributed by atoms with E-state index >= 15 is 0 Å². The van der Waals surface area contributed by atoms with Crippen molar-refractivity contribution < 1.29 is 14.3 Å². The molecule has 0 spiro atoms. The molecule has 0 bridgehead atoms. The Morgan fingerprint density at radius 3 is 2.57 bits per heavy atom. The van der Waals surface area contributed by atoms with Crippen molar-refractivity contribution in [2.24, 2.45) is 0 Å². The van der Waals surface area contributed by atoms with E-state index in [0.29, 0.717) is 4.88 Å². The summed E-state index contributed by atoms with van der Waals surface area (Å²) in [5.41, 5.74) is 0.183. The van der Waals surface area contributed by atoms with Crippen molar-refractivity contribution in [2.75, 3.05) is 5.32 Å². The molecule has 3 rings (SSSR count). The Labute approximate surface area is 124 Å². The van der Waals surface area contributed by atoms with Crippen LogP contribution in [0, 0.1) is 5.82 Å². The van der Waals surface area contributed by atoms with Crippen LogP contribution >= 0.6 is 11.3 Å². The summed E-state index contributed by atoms with van der Waals surface area (Å²) >= 11 is 1.39. The number of thiophene rings is 1. The smallest absolute Gasteiger partial charge is 0.331 e. The SMILES string of the molecule is O=C(O)C(Nc1ccccc1F)c1cc2ccccc2s1. The number of para-hydroxylation sites is 1. The molecular weight excluding hydrogens is 289 g/mol. The highest BCUT2D eigenvalue weighted by Gasteiger charge is 2.23. The number of hydrogen-bond acceptors (Lipinski definition) is 3. The van der Waals surface area contributed by atoms with Gasteiger partial charge in [0, 0.05) is 9.58 Å². The Hall–Kier alpha value is -2.40. The standard InChI is InChI=1S/C16H12FNO2S/c17-11-6-2-3-7-12(11)18-15(16(19)20)14-9-10-5-1-4-8-13(10)21-14/h1-9,15,18H,(H,19,20). The molecule has 0 amide bonds. The van der Waals surface area contributed by atoms with Gasteiger partial charge >= 0.3 is 5.97 Å². The number of carboxylic acid groups (broad SMARTS) is 1. The van der Waals surface area contributed by atoms with Crippen LogP contribution in [0.1, 0.15) is 10.9 Å². The van der Waals surface area contributed by atoms with Crippen molar-refractivity contribution in [1.29, 1.82) is 0 Å². The molecule has 5 heteroatoms. The van der Waals surface area contributed by atoms with E-state index in [0.717, 1.165) is 10.1 Å². The van der Waals surface area contributed by atoms with Crippen LogP contribution in [0.25, 0.3) is 10.1 Å². The lowest BCUT2D eigenvalue weighted by molar-refractivity contribution is -0.138. The highest BCUT2D eigenvalue weighted by atomic mass is 32.1. The molecule has 0 aliphatic heterocycles. The van der Waals surface area contributed by atoms with E-state index in [1.807, 2.05) is 30.3 Å². The second-order valence-electron chi connectivity index (χ2n) is 4.58. The number of halogens is 1. The molecule has 1 aromatic heterocycles. The van der Waals surface area contributed by atoms with Gasteiger partial charge in [0.2, 0.25) is 0 Å². The molecule has 3 nitrogen and oxygen atoms in total. The van der Waals surface area contributed by atoms with Crippen molar-refractivity contribution in [3.63, 3.8) is 0 Å². The summed E-state index contributed by atoms with van der Waals surface area (Å²) in [4.78, 5) is 12.2. The second-order valence-corrected chi connectivity index (χ2v) is 5.70. The predicted octanol–water partition coefficient (Wildman–Crippen LogP) is 4.28. The van der Waals surface area contributed by atoms with Crippen LogP contribution in [0.2, 0.25) is 0 Å². The molecule has 1 heterocycles. The first-order valence-electron chi connectivity index (χ1n) is 6.37. The van der Waals surface area contributed by atoms with E-state index < -0.39 is 17.8 Å². The lowest BCUT2D eigenvalue weighted by Crippen LogP contribution is -2.19. The average molecular weight is 301 g/mol. The first-order valence-corrected chi connectivity index (χ1v) is 7.19. The van der Waals surface area contributed by atoms with Gasteiger partial charge in [0.05, 0.1) is 5.69 Å². The summed E-state index contributed by atoms with van der Waals surface area (Å²) in [6.45, 7) is 0. The maximum Gasteiger partial charge on any atom is 0.331 e. The first kappa shape index (κ1) is 13.6. The van der Waals surface area contributed by atoms with Crippen molar-refractivity contribution >= 4 is 33.1 Å². The van der Waals surface area contributed by atoms with Gasteiger partial charge in [-0.2, -0.15) is 0 Å². The minimum Gasteiger partial charge on any atom is -0.479 e. The molecule has 106 valence electrons. The van der Waals surface area contributed by atoms with Gasteiger partial charge in [0.15, 0.2) is 6.04 Å². The van der Waals surface area contributed by atoms with Crippen LogP contribution in [0.5, 0.6) is 0 Å². The number of aliphatic carboxylic acids is 1. The number of fused-ring (bicyclic) bond motifs is 1. The van der Waals surface area contributed by atoms with E-state index in [1.54, 1.807) is 12.1 Å².